The van der Waals surface area contributed by atoms with Crippen molar-refractivity contribution in [3.8, 4) is 11.4 Å². The van der Waals surface area contributed by atoms with Crippen LogP contribution in [0.25, 0.3) is 22.3 Å². The fourth-order valence-electron chi connectivity index (χ4n) is 5.54. The number of unbranched alkanes of at least 4 members (excludes halogenated alkanes) is 1. The lowest BCUT2D eigenvalue weighted by Gasteiger charge is -2.31. The highest BCUT2D eigenvalue weighted by atomic mass is 28.3. The van der Waals surface area contributed by atoms with E-state index >= 15 is 0 Å². The Morgan fingerprint density at radius 3 is 2.67 bits per heavy atom. The predicted molar refractivity (Wildman–Crippen MR) is 131 cm³/mol. The highest BCUT2D eigenvalue weighted by molar-refractivity contribution is 6.91. The molecule has 2 aromatic heterocycles. The van der Waals surface area contributed by atoms with Gasteiger partial charge in [-0.05, 0) is 34.7 Å². The first-order valence-electron chi connectivity index (χ1n) is 11.8. The van der Waals surface area contributed by atoms with Crippen LogP contribution < -0.4 is 10.7 Å². The highest BCUT2D eigenvalue weighted by Crippen LogP contribution is 2.39. The number of hydrogen-bond donors (Lipinski definition) is 1. The zero-order valence-electron chi connectivity index (χ0n) is 19.7. The van der Waals surface area contributed by atoms with Gasteiger partial charge in [-0.1, -0.05) is 64.0 Å². The fourth-order valence-corrected chi connectivity index (χ4v) is 8.99. The van der Waals surface area contributed by atoms with Crippen molar-refractivity contribution in [2.45, 2.75) is 71.0 Å². The molecule has 1 atom stereocenters. The lowest BCUT2D eigenvalue weighted by molar-refractivity contribution is -0.172. The maximum atomic E-state index is 13.6. The Labute approximate surface area is 194 Å². The van der Waals surface area contributed by atoms with Gasteiger partial charge in [0.1, 0.15) is 6.61 Å². The van der Waals surface area contributed by atoms with Crippen molar-refractivity contribution < 1.29 is 14.6 Å². The Morgan fingerprint density at radius 1 is 1.18 bits per heavy atom. The molecule has 3 aromatic rings. The molecular formula is C26H30N2O4Si. The Kier molecular flexibility index (Phi) is 5.10. The van der Waals surface area contributed by atoms with Gasteiger partial charge in [0.05, 0.1) is 37.1 Å². The molecule has 0 amide bonds. The second kappa shape index (κ2) is 7.63. The van der Waals surface area contributed by atoms with Crippen LogP contribution in [0.1, 0.15) is 49.8 Å². The zero-order chi connectivity index (χ0) is 23.5. The monoisotopic (exact) mass is 462 g/mol. The summed E-state index contributed by atoms with van der Waals surface area (Å²) >= 11 is 0. The Hall–Kier alpha value is -2.77. The van der Waals surface area contributed by atoms with E-state index in [-0.39, 0.29) is 18.6 Å². The molecule has 33 heavy (non-hydrogen) atoms. The number of benzene rings is 1. The van der Waals surface area contributed by atoms with E-state index in [1.807, 2.05) is 12.1 Å². The standard InChI is InChI=1S/C26H30N2O4Si/c1-5-7-12-33(3,4)23-16-10-8-9-11-20(16)27-22-17(23)14-28-21(22)13-19-18(24(28)29)15-32-25(30)26(19,31)6-2/h8-11,13,31H,5-7,12,14-15H2,1-4H3/t26-/m0/s1. The van der Waals surface area contributed by atoms with Crippen molar-refractivity contribution in [3.05, 3.63) is 57.4 Å². The molecule has 0 bridgehead atoms. The maximum Gasteiger partial charge on any atom is 0.343 e. The van der Waals surface area contributed by atoms with Gasteiger partial charge in [-0.3, -0.25) is 4.79 Å². The molecular weight excluding hydrogens is 432 g/mol. The number of aromatic nitrogens is 2. The number of rotatable bonds is 5. The summed E-state index contributed by atoms with van der Waals surface area (Å²) < 4.78 is 6.95. The first kappa shape index (κ1) is 22.0. The first-order chi connectivity index (χ1) is 15.7. The molecule has 0 aliphatic carbocycles. The van der Waals surface area contributed by atoms with E-state index in [0.29, 0.717) is 23.4 Å². The van der Waals surface area contributed by atoms with Crippen molar-refractivity contribution in [2.24, 2.45) is 0 Å². The number of para-hydroxylation sites is 1. The van der Waals surface area contributed by atoms with Crippen LogP contribution in [0.4, 0.5) is 0 Å². The van der Waals surface area contributed by atoms with Crippen molar-refractivity contribution in [1.29, 1.82) is 0 Å². The maximum absolute atomic E-state index is 13.6. The Bertz CT molecular complexity index is 1360. The molecule has 0 unspecified atom stereocenters. The predicted octanol–water partition coefficient (Wildman–Crippen LogP) is 3.80. The van der Waals surface area contributed by atoms with Gasteiger partial charge in [-0.25, -0.2) is 9.78 Å². The highest BCUT2D eigenvalue weighted by Gasteiger charge is 2.45. The van der Waals surface area contributed by atoms with Gasteiger partial charge in [0.25, 0.3) is 5.56 Å². The lowest BCUT2D eigenvalue weighted by atomic mass is 9.86. The van der Waals surface area contributed by atoms with Gasteiger partial charge in [0, 0.05) is 5.56 Å². The van der Waals surface area contributed by atoms with Crippen LogP contribution in [-0.4, -0.2) is 28.7 Å². The summed E-state index contributed by atoms with van der Waals surface area (Å²) in [7, 11) is -1.84. The third-order valence-corrected chi connectivity index (χ3v) is 11.0. The molecule has 0 saturated heterocycles. The van der Waals surface area contributed by atoms with E-state index < -0.39 is 19.6 Å². The van der Waals surface area contributed by atoms with Crippen LogP contribution in [0.15, 0.2) is 35.1 Å². The number of carbonyl (C=O) groups is 1. The average Bonchev–Trinajstić information content (AvgIpc) is 3.17. The number of esters is 1. The minimum absolute atomic E-state index is 0.106. The summed E-state index contributed by atoms with van der Waals surface area (Å²) in [6, 6.07) is 11.2. The van der Waals surface area contributed by atoms with Gasteiger partial charge in [0.2, 0.25) is 0 Å². The van der Waals surface area contributed by atoms with E-state index in [4.69, 9.17) is 9.72 Å². The molecule has 1 N–H and O–H groups in total. The van der Waals surface area contributed by atoms with Crippen molar-refractivity contribution in [1.82, 2.24) is 9.55 Å². The van der Waals surface area contributed by atoms with Crippen LogP contribution in [-0.2, 0) is 28.3 Å². The fraction of sp³-hybridized carbons (Fsp3) is 0.423. The topological polar surface area (TPSA) is 81.4 Å². The number of carbonyl (C=O) groups excluding carboxylic acids is 1. The van der Waals surface area contributed by atoms with E-state index in [2.05, 4.69) is 32.2 Å². The zero-order valence-corrected chi connectivity index (χ0v) is 20.7. The van der Waals surface area contributed by atoms with Crippen molar-refractivity contribution in [3.63, 3.8) is 0 Å². The summed E-state index contributed by atoms with van der Waals surface area (Å²) in [6.07, 6.45) is 2.47. The number of hydrogen-bond acceptors (Lipinski definition) is 5. The van der Waals surface area contributed by atoms with Gasteiger partial charge in [-0.15, -0.1) is 0 Å². The molecule has 0 radical (unpaired) electrons. The molecule has 7 heteroatoms. The molecule has 2 aliphatic rings. The quantitative estimate of drug-likeness (QED) is 0.360. The first-order valence-corrected chi connectivity index (χ1v) is 15.0. The summed E-state index contributed by atoms with van der Waals surface area (Å²) in [5.74, 6) is -0.694. The smallest absolute Gasteiger partial charge is 0.343 e. The van der Waals surface area contributed by atoms with Gasteiger partial charge >= 0.3 is 5.97 Å². The number of ether oxygens (including phenoxy) is 1. The van der Waals surface area contributed by atoms with Crippen molar-refractivity contribution in [2.75, 3.05) is 0 Å². The van der Waals surface area contributed by atoms with Crippen LogP contribution in [0.5, 0.6) is 0 Å². The largest absolute Gasteiger partial charge is 0.458 e. The lowest BCUT2D eigenvalue weighted by Crippen LogP contribution is -2.45. The third-order valence-electron chi connectivity index (χ3n) is 7.43. The average molecular weight is 463 g/mol. The van der Waals surface area contributed by atoms with E-state index in [9.17, 15) is 14.7 Å². The summed E-state index contributed by atoms with van der Waals surface area (Å²) in [5, 5.41) is 13.7. The van der Waals surface area contributed by atoms with Crippen LogP contribution in [0.2, 0.25) is 19.1 Å². The normalized spacial score (nSPS) is 19.2. The van der Waals surface area contributed by atoms with E-state index in [1.54, 1.807) is 17.6 Å². The SMILES string of the molecule is CCCC[Si](C)(C)c1c2c(nc3ccccc13)-c1cc3c(c(=O)n1C2)COC(=O)[C@]3(O)CC. The summed E-state index contributed by atoms with van der Waals surface area (Å²) in [5.41, 5.74) is 2.25. The van der Waals surface area contributed by atoms with Crippen LogP contribution in [0.3, 0.4) is 0 Å². The van der Waals surface area contributed by atoms with Gasteiger partial charge < -0.3 is 14.4 Å². The third kappa shape index (κ3) is 3.13. The van der Waals surface area contributed by atoms with Gasteiger partial charge in [0.15, 0.2) is 5.60 Å². The van der Waals surface area contributed by atoms with Crippen molar-refractivity contribution >= 4 is 30.1 Å². The van der Waals surface area contributed by atoms with Crippen LogP contribution in [0, 0.1) is 0 Å². The van der Waals surface area contributed by atoms with Gasteiger partial charge in [-0.2, -0.15) is 0 Å². The molecule has 0 spiro atoms. The molecule has 0 fully saturated rings. The number of cyclic esters (lactones) is 1. The molecule has 1 aromatic carbocycles. The number of pyridine rings is 2. The molecule has 0 saturated carbocycles. The molecule has 172 valence electrons. The van der Waals surface area contributed by atoms with Crippen LogP contribution >= 0.6 is 0 Å². The Balaban J connectivity index is 1.81. The summed E-state index contributed by atoms with van der Waals surface area (Å²) in [4.78, 5) is 31.0. The van der Waals surface area contributed by atoms with E-state index in [1.165, 1.54) is 23.0 Å². The van der Waals surface area contributed by atoms with E-state index in [0.717, 1.165) is 23.2 Å². The number of nitrogens with zero attached hydrogens (tertiary/aromatic N) is 2. The molecule has 4 heterocycles. The Morgan fingerprint density at radius 2 is 1.94 bits per heavy atom. The second-order valence-corrected chi connectivity index (χ2v) is 14.7. The minimum Gasteiger partial charge on any atom is -0.458 e. The summed E-state index contributed by atoms with van der Waals surface area (Å²) in [6.45, 7) is 9.11. The molecule has 6 nitrogen and oxygen atoms in total. The minimum atomic E-state index is -1.84. The second-order valence-electron chi connectivity index (χ2n) is 9.92. The molecule has 5 rings (SSSR count). The molecule has 2 aliphatic heterocycles. The number of fused-ring (bicyclic) bond motifs is 5. The number of aliphatic hydroxyl groups is 1.